The molecule has 3 heterocycles. The van der Waals surface area contributed by atoms with E-state index in [-0.39, 0.29) is 0 Å². The summed E-state index contributed by atoms with van der Waals surface area (Å²) in [6.07, 6.45) is 6.98. The van der Waals surface area contributed by atoms with Crippen LogP contribution in [0.25, 0.3) is 6.08 Å². The molecule has 2 aromatic rings. The summed E-state index contributed by atoms with van der Waals surface area (Å²) in [4.78, 5) is 10.1. The quantitative estimate of drug-likeness (QED) is 0.887. The molecule has 0 fully saturated rings. The molecule has 0 spiro atoms. The summed E-state index contributed by atoms with van der Waals surface area (Å²) >= 11 is 0. The van der Waals surface area contributed by atoms with Gasteiger partial charge in [0.1, 0.15) is 5.82 Å². The number of benzene rings is 1. The molecule has 0 amide bonds. The number of aromatic nitrogens is 2. The second kappa shape index (κ2) is 5.31. The fourth-order valence-electron chi connectivity index (χ4n) is 3.23. The van der Waals surface area contributed by atoms with Gasteiger partial charge < -0.3 is 10.2 Å². The Balaban J connectivity index is 1.97. The van der Waals surface area contributed by atoms with E-state index >= 15 is 0 Å². The average molecular weight is 322 g/mol. The minimum absolute atomic E-state index is 0.610. The summed E-state index contributed by atoms with van der Waals surface area (Å²) in [7, 11) is 0. The van der Waals surface area contributed by atoms with E-state index < -0.39 is 5.66 Å². The lowest BCUT2D eigenvalue weighted by Crippen LogP contribution is -2.40. The Kier molecular flexibility index (Phi) is 3.24. The fraction of sp³-hybridized carbons (Fsp3) is 0.235. The van der Waals surface area contributed by atoms with Crippen molar-refractivity contribution in [2.24, 2.45) is 15.9 Å². The van der Waals surface area contributed by atoms with Crippen molar-refractivity contribution in [3.63, 3.8) is 0 Å². The molecule has 0 bridgehead atoms. The van der Waals surface area contributed by atoms with Gasteiger partial charge in [0.15, 0.2) is 11.4 Å². The van der Waals surface area contributed by atoms with Gasteiger partial charge in [-0.15, -0.1) is 0 Å². The molecule has 1 unspecified atom stereocenters. The van der Waals surface area contributed by atoms with E-state index in [0.717, 1.165) is 34.7 Å². The number of nitrogens with two attached hydrogens (primary N) is 1. The highest BCUT2D eigenvalue weighted by Gasteiger charge is 2.40. The molecule has 1 aromatic carbocycles. The first kappa shape index (κ1) is 14.6. The molecule has 7 nitrogen and oxygen atoms in total. The first-order valence-corrected chi connectivity index (χ1v) is 7.82. The molecule has 2 aliphatic rings. The minimum Gasteiger partial charge on any atom is -0.356 e. The third kappa shape index (κ3) is 1.98. The molecule has 2 aliphatic heterocycles. The second-order valence-electron chi connectivity index (χ2n) is 5.72. The Morgan fingerprint density at radius 2 is 2.25 bits per heavy atom. The van der Waals surface area contributed by atoms with Crippen LogP contribution >= 0.6 is 0 Å². The summed E-state index contributed by atoms with van der Waals surface area (Å²) in [5.74, 6) is 1.47. The van der Waals surface area contributed by atoms with Crippen LogP contribution in [0.15, 0.2) is 34.4 Å². The topological polar surface area (TPSA) is 89.8 Å². The van der Waals surface area contributed by atoms with Crippen LogP contribution in [0.1, 0.15) is 29.3 Å². The molecule has 122 valence electrons. The number of nitrogens with zero attached hydrogens (tertiary/aromatic N) is 4. The molecular weight excluding hydrogens is 304 g/mol. The van der Waals surface area contributed by atoms with Crippen LogP contribution in [0, 0.1) is 6.92 Å². The van der Waals surface area contributed by atoms with Crippen molar-refractivity contribution in [2.45, 2.75) is 26.1 Å². The second-order valence-corrected chi connectivity index (χ2v) is 5.72. The van der Waals surface area contributed by atoms with Crippen LogP contribution in [0.2, 0.25) is 0 Å². The monoisotopic (exact) mass is 322 g/mol. The Bertz CT molecular complexity index is 895. The van der Waals surface area contributed by atoms with Crippen molar-refractivity contribution in [3.05, 3.63) is 46.7 Å². The number of hydrogen-bond donors (Lipinski definition) is 2. The van der Waals surface area contributed by atoms with E-state index in [1.165, 1.54) is 0 Å². The fourth-order valence-corrected chi connectivity index (χ4v) is 3.23. The zero-order valence-corrected chi connectivity index (χ0v) is 13.5. The van der Waals surface area contributed by atoms with Crippen LogP contribution in [-0.4, -0.2) is 22.3 Å². The van der Waals surface area contributed by atoms with Gasteiger partial charge in [0.2, 0.25) is 0 Å². The Labute approximate surface area is 139 Å². The number of fused-ring (bicyclic) bond motifs is 2. The SMILES string of the molecule is CCn1nc(C)c2c1NC=NC2(N)c1cccc2c1ON=CC=C2. The van der Waals surface area contributed by atoms with Crippen molar-refractivity contribution in [1.29, 1.82) is 0 Å². The number of allylic oxidation sites excluding steroid dienone is 1. The summed E-state index contributed by atoms with van der Waals surface area (Å²) < 4.78 is 1.89. The number of oxime groups is 1. The Hall–Kier alpha value is -2.93. The van der Waals surface area contributed by atoms with Crippen LogP contribution in [0.3, 0.4) is 0 Å². The lowest BCUT2D eigenvalue weighted by atomic mass is 9.89. The molecule has 0 radical (unpaired) electrons. The highest BCUT2D eigenvalue weighted by atomic mass is 16.6. The molecule has 0 saturated heterocycles. The smallest absolute Gasteiger partial charge is 0.172 e. The zero-order valence-electron chi connectivity index (χ0n) is 13.5. The number of rotatable bonds is 2. The summed E-state index contributed by atoms with van der Waals surface area (Å²) in [5, 5.41) is 11.7. The predicted molar refractivity (Wildman–Crippen MR) is 94.3 cm³/mol. The van der Waals surface area contributed by atoms with E-state index in [1.54, 1.807) is 12.6 Å². The van der Waals surface area contributed by atoms with Gasteiger partial charge in [0.05, 0.1) is 23.8 Å². The predicted octanol–water partition coefficient (Wildman–Crippen LogP) is 2.22. The summed E-state index contributed by atoms with van der Waals surface area (Å²) in [5.41, 5.74) is 9.05. The zero-order chi connectivity index (χ0) is 16.7. The third-order valence-electron chi connectivity index (χ3n) is 4.30. The summed E-state index contributed by atoms with van der Waals surface area (Å²) in [6, 6.07) is 5.82. The standard InChI is InChI=1S/C17H18N6O/c1-3-23-16-14(11(2)22-23)17(18,20-10-19-16)13-8-4-6-12-7-5-9-21-24-15(12)13/h4-10H,3,18H2,1-2H3,(H,19,20). The van der Waals surface area contributed by atoms with E-state index in [1.807, 2.05) is 48.9 Å². The van der Waals surface area contributed by atoms with Gasteiger partial charge in [-0.3, -0.25) is 5.73 Å². The Morgan fingerprint density at radius 1 is 1.38 bits per heavy atom. The third-order valence-corrected chi connectivity index (χ3v) is 4.30. The van der Waals surface area contributed by atoms with E-state index in [2.05, 4.69) is 20.6 Å². The number of aryl methyl sites for hydroxylation is 2. The van der Waals surface area contributed by atoms with Gasteiger partial charge in [0, 0.05) is 17.7 Å². The van der Waals surface area contributed by atoms with Crippen LogP contribution in [0.4, 0.5) is 5.82 Å². The molecule has 7 heteroatoms. The highest BCUT2D eigenvalue weighted by molar-refractivity contribution is 5.83. The molecule has 1 atom stereocenters. The number of para-hydroxylation sites is 1. The molecular formula is C17H18N6O. The van der Waals surface area contributed by atoms with Gasteiger partial charge >= 0.3 is 0 Å². The van der Waals surface area contributed by atoms with Gasteiger partial charge in [-0.1, -0.05) is 23.4 Å². The van der Waals surface area contributed by atoms with Crippen LogP contribution in [0.5, 0.6) is 5.75 Å². The lowest BCUT2D eigenvalue weighted by Gasteiger charge is -2.31. The molecule has 24 heavy (non-hydrogen) atoms. The van der Waals surface area contributed by atoms with E-state index in [4.69, 9.17) is 10.6 Å². The molecule has 3 N–H and O–H groups in total. The van der Waals surface area contributed by atoms with Crippen molar-refractivity contribution in [3.8, 4) is 5.75 Å². The normalized spacial score (nSPS) is 20.8. The summed E-state index contributed by atoms with van der Waals surface area (Å²) in [6.45, 7) is 4.72. The first-order valence-electron chi connectivity index (χ1n) is 7.82. The molecule has 4 rings (SSSR count). The lowest BCUT2D eigenvalue weighted by molar-refractivity contribution is 0.332. The average Bonchev–Trinajstić information content (AvgIpc) is 2.77. The first-order chi connectivity index (χ1) is 11.6. The van der Waals surface area contributed by atoms with Crippen molar-refractivity contribution < 1.29 is 4.84 Å². The van der Waals surface area contributed by atoms with Gasteiger partial charge in [-0.05, 0) is 26.0 Å². The van der Waals surface area contributed by atoms with Gasteiger partial charge in [-0.2, -0.15) is 5.10 Å². The Morgan fingerprint density at radius 3 is 3.08 bits per heavy atom. The number of hydrogen-bond acceptors (Lipinski definition) is 6. The van der Waals surface area contributed by atoms with Gasteiger partial charge in [0.25, 0.3) is 0 Å². The maximum Gasteiger partial charge on any atom is 0.172 e. The van der Waals surface area contributed by atoms with Gasteiger partial charge in [-0.25, -0.2) is 9.67 Å². The van der Waals surface area contributed by atoms with Crippen molar-refractivity contribution in [1.82, 2.24) is 9.78 Å². The number of nitrogens with one attached hydrogen (secondary N) is 1. The number of anilines is 1. The maximum absolute atomic E-state index is 6.79. The molecule has 1 aromatic heterocycles. The molecule has 0 aliphatic carbocycles. The minimum atomic E-state index is -1.09. The van der Waals surface area contributed by atoms with Crippen LogP contribution in [-0.2, 0) is 12.2 Å². The van der Waals surface area contributed by atoms with Crippen molar-refractivity contribution in [2.75, 3.05) is 5.32 Å². The maximum atomic E-state index is 6.79. The van der Waals surface area contributed by atoms with Crippen molar-refractivity contribution >= 4 is 24.4 Å². The largest absolute Gasteiger partial charge is 0.356 e. The number of aliphatic imine (C=N–C) groups is 1. The molecule has 0 saturated carbocycles. The highest BCUT2D eigenvalue weighted by Crippen LogP contribution is 2.43. The van der Waals surface area contributed by atoms with E-state index in [0.29, 0.717) is 5.75 Å². The van der Waals surface area contributed by atoms with E-state index in [9.17, 15) is 0 Å². The van der Waals surface area contributed by atoms with Crippen LogP contribution < -0.4 is 15.9 Å².